The lowest BCUT2D eigenvalue weighted by atomic mass is 9.73. The number of anilines is 1. The van der Waals surface area contributed by atoms with Gasteiger partial charge in [-0.3, -0.25) is 14.4 Å². The molecular formula is C32H36N2O6. The number of fused-ring (bicyclic) bond motifs is 3. The summed E-state index contributed by atoms with van der Waals surface area (Å²) in [7, 11) is 0. The summed E-state index contributed by atoms with van der Waals surface area (Å²) in [4.78, 5) is 45.9. The molecule has 8 heteroatoms. The predicted molar refractivity (Wildman–Crippen MR) is 150 cm³/mol. The normalized spacial score (nSPS) is 32.4. The molecule has 0 saturated carbocycles. The first-order valence-electron chi connectivity index (χ1n) is 14.2. The summed E-state index contributed by atoms with van der Waals surface area (Å²) >= 11 is 0. The topological polar surface area (TPSA) is 96.4 Å². The van der Waals surface area contributed by atoms with E-state index in [0.717, 1.165) is 10.8 Å². The van der Waals surface area contributed by atoms with E-state index in [9.17, 15) is 19.5 Å². The summed E-state index contributed by atoms with van der Waals surface area (Å²) in [5.41, 5.74) is -1.77. The van der Waals surface area contributed by atoms with Crippen LogP contribution in [0.2, 0.25) is 0 Å². The zero-order valence-electron chi connectivity index (χ0n) is 23.2. The smallest absolute Gasteiger partial charge is 0.313 e. The molecule has 2 aromatic carbocycles. The number of cyclic esters (lactones) is 1. The van der Waals surface area contributed by atoms with E-state index in [1.807, 2.05) is 87.5 Å². The first-order chi connectivity index (χ1) is 19.3. The number of hydrogen-bond acceptors (Lipinski definition) is 6. The monoisotopic (exact) mass is 544 g/mol. The molecule has 0 bridgehead atoms. The Balaban J connectivity index is 1.53. The Morgan fingerprint density at radius 2 is 1.77 bits per heavy atom. The average Bonchev–Trinajstić information content (AvgIpc) is 3.29. The number of aliphatic hydroxyl groups excluding tert-OH is 1. The van der Waals surface area contributed by atoms with Crippen LogP contribution in [0.15, 0.2) is 66.8 Å². The third-order valence-electron chi connectivity index (χ3n) is 9.20. The maximum absolute atomic E-state index is 14.7. The van der Waals surface area contributed by atoms with Crippen molar-refractivity contribution in [3.8, 4) is 0 Å². The minimum atomic E-state index is -1.39. The van der Waals surface area contributed by atoms with Crippen LogP contribution in [-0.2, 0) is 23.9 Å². The second-order valence-corrected chi connectivity index (χ2v) is 11.6. The standard InChI is InChI=1S/C32H36N2O6/c1-4-31-14-7-8-17-39-30(38)26(31)25-28(36)34(24(19-35)20(2)3)27-29(37)33(16-9-15-32(25,27)40-31)23-13-12-21-10-5-6-11-22(21)18-23/h5-7,9-15,18,20,24-27,35H,4,8,16-17,19H2,1-3H3/t24-,25-,26-,27?,31+,32-/m0/s1. The molecule has 4 aliphatic heterocycles. The molecule has 4 aliphatic rings. The second kappa shape index (κ2) is 9.85. The van der Waals surface area contributed by atoms with E-state index in [1.54, 1.807) is 4.90 Å². The van der Waals surface area contributed by atoms with E-state index >= 15 is 0 Å². The maximum atomic E-state index is 14.7. The highest BCUT2D eigenvalue weighted by Crippen LogP contribution is 2.59. The van der Waals surface area contributed by atoms with Crippen molar-refractivity contribution in [1.82, 2.24) is 4.90 Å². The third kappa shape index (κ3) is 3.76. The number of esters is 1. The van der Waals surface area contributed by atoms with Crippen LogP contribution in [0.4, 0.5) is 5.69 Å². The summed E-state index contributed by atoms with van der Waals surface area (Å²) in [6.45, 7) is 5.94. The molecule has 0 radical (unpaired) electrons. The molecule has 40 heavy (non-hydrogen) atoms. The Morgan fingerprint density at radius 3 is 2.50 bits per heavy atom. The van der Waals surface area contributed by atoms with Crippen molar-refractivity contribution >= 4 is 34.2 Å². The van der Waals surface area contributed by atoms with Crippen molar-refractivity contribution in [3.05, 3.63) is 66.8 Å². The van der Waals surface area contributed by atoms with Gasteiger partial charge in [-0.2, -0.15) is 0 Å². The Bertz CT molecular complexity index is 1420. The van der Waals surface area contributed by atoms with Gasteiger partial charge in [-0.1, -0.05) is 75.4 Å². The summed E-state index contributed by atoms with van der Waals surface area (Å²) in [5.74, 6) is -3.15. The van der Waals surface area contributed by atoms with Gasteiger partial charge in [0.1, 0.15) is 23.2 Å². The highest BCUT2D eigenvalue weighted by molar-refractivity contribution is 6.06. The molecule has 1 N–H and O–H groups in total. The van der Waals surface area contributed by atoms with Gasteiger partial charge in [0.15, 0.2) is 0 Å². The molecule has 6 rings (SSSR count). The first kappa shape index (κ1) is 26.7. The van der Waals surface area contributed by atoms with E-state index in [-0.39, 0.29) is 37.5 Å². The van der Waals surface area contributed by atoms with Gasteiger partial charge in [-0.15, -0.1) is 0 Å². The lowest BCUT2D eigenvalue weighted by Gasteiger charge is -2.42. The molecule has 8 nitrogen and oxygen atoms in total. The minimum Gasteiger partial charge on any atom is -0.465 e. The Labute approximate surface area is 234 Å². The Morgan fingerprint density at radius 1 is 1.00 bits per heavy atom. The summed E-state index contributed by atoms with van der Waals surface area (Å²) < 4.78 is 12.5. The molecular weight excluding hydrogens is 508 g/mol. The van der Waals surface area contributed by atoms with Crippen molar-refractivity contribution in [2.24, 2.45) is 17.8 Å². The number of likely N-dealkylation sites (tertiary alicyclic amines) is 1. The molecule has 2 amide bonds. The lowest BCUT2D eigenvalue weighted by molar-refractivity contribution is -0.162. The number of hydrogen-bond donors (Lipinski definition) is 1. The molecule has 0 aliphatic carbocycles. The van der Waals surface area contributed by atoms with Crippen LogP contribution < -0.4 is 4.90 Å². The van der Waals surface area contributed by atoms with Crippen molar-refractivity contribution in [3.63, 3.8) is 0 Å². The fourth-order valence-electron chi connectivity index (χ4n) is 7.22. The van der Waals surface area contributed by atoms with Gasteiger partial charge in [-0.25, -0.2) is 0 Å². The van der Waals surface area contributed by atoms with Gasteiger partial charge in [0.25, 0.3) is 5.91 Å². The van der Waals surface area contributed by atoms with Crippen LogP contribution in [0.5, 0.6) is 0 Å². The zero-order valence-corrected chi connectivity index (χ0v) is 23.2. The molecule has 2 aromatic rings. The number of aliphatic hydroxyl groups is 1. The van der Waals surface area contributed by atoms with E-state index in [4.69, 9.17) is 9.47 Å². The molecule has 2 saturated heterocycles. The SMILES string of the molecule is CC[C@@]12C=CCCOC(=O)[C@@H]1[C@H]1C(=O)N([C@@H](CO)C(C)C)C3C(=O)N(c4ccc5ccccc5c4)CC=C[C@@]31O2. The quantitative estimate of drug-likeness (QED) is 0.456. The highest BCUT2D eigenvalue weighted by Gasteiger charge is 2.76. The van der Waals surface area contributed by atoms with Crippen LogP contribution >= 0.6 is 0 Å². The third-order valence-corrected chi connectivity index (χ3v) is 9.20. The van der Waals surface area contributed by atoms with Crippen LogP contribution in [0.1, 0.15) is 33.6 Å². The fraction of sp³-hybridized carbons (Fsp3) is 0.469. The molecule has 4 heterocycles. The number of rotatable bonds is 5. The predicted octanol–water partition coefficient (Wildman–Crippen LogP) is 3.62. The van der Waals surface area contributed by atoms with E-state index in [1.165, 1.54) is 4.90 Å². The number of carbonyl (C=O) groups is 3. The van der Waals surface area contributed by atoms with Crippen molar-refractivity contribution in [2.45, 2.75) is 56.9 Å². The van der Waals surface area contributed by atoms with E-state index < -0.39 is 41.1 Å². The largest absolute Gasteiger partial charge is 0.465 e. The summed E-state index contributed by atoms with van der Waals surface area (Å²) in [6.07, 6.45) is 8.53. The van der Waals surface area contributed by atoms with Gasteiger partial charge >= 0.3 is 5.97 Å². The molecule has 2 fully saturated rings. The van der Waals surface area contributed by atoms with Gasteiger partial charge in [-0.05, 0) is 41.7 Å². The lowest BCUT2D eigenvalue weighted by Crippen LogP contribution is -2.60. The van der Waals surface area contributed by atoms with Crippen molar-refractivity contribution in [1.29, 1.82) is 0 Å². The Hall–Kier alpha value is -3.49. The zero-order chi connectivity index (χ0) is 28.2. The van der Waals surface area contributed by atoms with Gasteiger partial charge in [0.05, 0.1) is 25.2 Å². The second-order valence-electron chi connectivity index (χ2n) is 11.6. The van der Waals surface area contributed by atoms with Crippen molar-refractivity contribution in [2.75, 3.05) is 24.7 Å². The summed E-state index contributed by atoms with van der Waals surface area (Å²) in [5, 5.41) is 12.5. The van der Waals surface area contributed by atoms with Gasteiger partial charge in [0.2, 0.25) is 5.91 Å². The number of ether oxygens (including phenoxy) is 2. The van der Waals surface area contributed by atoms with E-state index in [0.29, 0.717) is 18.5 Å². The number of amides is 2. The fourth-order valence-corrected chi connectivity index (χ4v) is 7.22. The number of carbonyl (C=O) groups excluding carboxylic acids is 3. The summed E-state index contributed by atoms with van der Waals surface area (Å²) in [6, 6.07) is 12.1. The molecule has 6 atom stereocenters. The number of benzene rings is 2. The van der Waals surface area contributed by atoms with Crippen LogP contribution in [0, 0.1) is 17.8 Å². The van der Waals surface area contributed by atoms with Crippen LogP contribution in [-0.4, -0.2) is 70.8 Å². The Kier molecular flexibility index (Phi) is 6.58. The molecule has 210 valence electrons. The highest BCUT2D eigenvalue weighted by atomic mass is 16.6. The van der Waals surface area contributed by atoms with Gasteiger partial charge < -0.3 is 24.4 Å². The first-order valence-corrected chi connectivity index (χ1v) is 14.2. The molecule has 0 aromatic heterocycles. The van der Waals surface area contributed by atoms with Crippen LogP contribution in [0.3, 0.4) is 0 Å². The van der Waals surface area contributed by atoms with E-state index in [2.05, 4.69) is 0 Å². The molecule has 1 unspecified atom stereocenters. The minimum absolute atomic E-state index is 0.140. The maximum Gasteiger partial charge on any atom is 0.313 e. The van der Waals surface area contributed by atoms with Crippen molar-refractivity contribution < 1.29 is 29.0 Å². The van der Waals surface area contributed by atoms with Crippen LogP contribution in [0.25, 0.3) is 10.8 Å². The number of nitrogens with zero attached hydrogens (tertiary/aromatic N) is 2. The van der Waals surface area contributed by atoms with Gasteiger partial charge in [0, 0.05) is 12.2 Å². The molecule has 1 spiro atoms. The average molecular weight is 545 g/mol.